The molecule has 2 unspecified atom stereocenters. The Morgan fingerprint density at radius 1 is 1.35 bits per heavy atom. The Morgan fingerprint density at radius 3 is 2.41 bits per heavy atom. The fraction of sp³-hybridized carbons (Fsp3) is 0.833. The summed E-state index contributed by atoms with van der Waals surface area (Å²) in [5.74, 6) is -0.301. The molecule has 0 aromatic rings. The van der Waals surface area contributed by atoms with E-state index in [9.17, 15) is 9.59 Å². The summed E-state index contributed by atoms with van der Waals surface area (Å²) in [7, 11) is 0. The lowest BCUT2D eigenvalue weighted by molar-refractivity contribution is -0.137. The van der Waals surface area contributed by atoms with Crippen LogP contribution < -0.4 is 10.6 Å². The molecule has 0 bridgehead atoms. The predicted octanol–water partition coefficient (Wildman–Crippen LogP) is 1.73. The van der Waals surface area contributed by atoms with Crippen LogP contribution in [0.15, 0.2) is 0 Å². The van der Waals surface area contributed by atoms with Crippen LogP contribution in [0.2, 0.25) is 0 Å². The van der Waals surface area contributed by atoms with Crippen LogP contribution in [0.25, 0.3) is 0 Å². The minimum absolute atomic E-state index is 0.0261. The molecule has 98 valence electrons. The summed E-state index contributed by atoms with van der Waals surface area (Å²) in [6, 6.07) is -0.371. The van der Waals surface area contributed by atoms with Crippen LogP contribution in [-0.4, -0.2) is 29.2 Å². The number of carbonyl (C=O) groups excluding carboxylic acids is 1. The molecule has 1 aliphatic rings. The van der Waals surface area contributed by atoms with Crippen molar-refractivity contribution < 1.29 is 14.7 Å². The van der Waals surface area contributed by atoms with Crippen molar-refractivity contribution in [2.45, 2.75) is 58.0 Å². The fourth-order valence-electron chi connectivity index (χ4n) is 2.00. The molecule has 0 spiro atoms. The van der Waals surface area contributed by atoms with Crippen molar-refractivity contribution in [3.05, 3.63) is 0 Å². The molecule has 0 aliphatic heterocycles. The van der Waals surface area contributed by atoms with Gasteiger partial charge in [0.1, 0.15) is 0 Å². The first-order chi connectivity index (χ1) is 8.02. The smallest absolute Gasteiger partial charge is 0.315 e. The van der Waals surface area contributed by atoms with Crippen molar-refractivity contribution in [2.75, 3.05) is 0 Å². The van der Waals surface area contributed by atoms with E-state index < -0.39 is 5.97 Å². The lowest BCUT2D eigenvalue weighted by atomic mass is 9.80. The van der Waals surface area contributed by atoms with Crippen LogP contribution >= 0.6 is 0 Å². The van der Waals surface area contributed by atoms with Crippen molar-refractivity contribution in [1.29, 1.82) is 0 Å². The van der Waals surface area contributed by atoms with Gasteiger partial charge >= 0.3 is 12.0 Å². The number of urea groups is 1. The second-order valence-electron chi connectivity index (χ2n) is 4.80. The van der Waals surface area contributed by atoms with Gasteiger partial charge < -0.3 is 15.7 Å². The van der Waals surface area contributed by atoms with Gasteiger partial charge in [-0.3, -0.25) is 4.79 Å². The quantitative estimate of drug-likeness (QED) is 0.663. The number of carboxylic acids is 1. The van der Waals surface area contributed by atoms with E-state index in [0.29, 0.717) is 12.3 Å². The monoisotopic (exact) mass is 242 g/mol. The number of carboxylic acid groups (broad SMARTS) is 1. The van der Waals surface area contributed by atoms with E-state index in [1.807, 2.05) is 13.8 Å². The van der Waals surface area contributed by atoms with Crippen LogP contribution in [0, 0.1) is 5.92 Å². The Morgan fingerprint density at radius 2 is 2.00 bits per heavy atom. The number of amides is 2. The second-order valence-corrected chi connectivity index (χ2v) is 4.80. The lowest BCUT2D eigenvalue weighted by Gasteiger charge is -2.32. The first-order valence-electron chi connectivity index (χ1n) is 6.31. The molecule has 1 aliphatic carbocycles. The fourth-order valence-corrected chi connectivity index (χ4v) is 2.00. The normalized spacial score (nSPS) is 18.9. The number of nitrogens with one attached hydrogen (secondary N) is 2. The van der Waals surface area contributed by atoms with Gasteiger partial charge in [-0.1, -0.05) is 13.3 Å². The first kappa shape index (κ1) is 13.8. The van der Waals surface area contributed by atoms with Crippen molar-refractivity contribution in [2.24, 2.45) is 5.92 Å². The number of hydrogen-bond acceptors (Lipinski definition) is 2. The molecule has 2 amide bonds. The summed E-state index contributed by atoms with van der Waals surface area (Å²) < 4.78 is 0. The molecule has 0 radical (unpaired) electrons. The molecule has 5 nitrogen and oxygen atoms in total. The topological polar surface area (TPSA) is 78.4 Å². The second kappa shape index (κ2) is 6.47. The standard InChI is InChI=1S/C12H22N2O3/c1-3-10(7-11(15)16)14-12(17)13-8(2)9-5-4-6-9/h8-10H,3-7H2,1-2H3,(H,15,16)(H2,13,14,17). The highest BCUT2D eigenvalue weighted by atomic mass is 16.4. The van der Waals surface area contributed by atoms with Gasteiger partial charge in [-0.25, -0.2) is 4.79 Å². The minimum Gasteiger partial charge on any atom is -0.481 e. The zero-order valence-corrected chi connectivity index (χ0v) is 10.5. The summed E-state index contributed by atoms with van der Waals surface area (Å²) in [5, 5.41) is 14.3. The summed E-state index contributed by atoms with van der Waals surface area (Å²) in [5.41, 5.74) is 0. The largest absolute Gasteiger partial charge is 0.481 e. The van der Waals surface area contributed by atoms with Crippen molar-refractivity contribution in [3.63, 3.8) is 0 Å². The van der Waals surface area contributed by atoms with Gasteiger partial charge in [-0.15, -0.1) is 0 Å². The zero-order valence-electron chi connectivity index (χ0n) is 10.5. The molecule has 2 atom stereocenters. The lowest BCUT2D eigenvalue weighted by Crippen LogP contribution is -2.48. The molecule has 1 rings (SSSR count). The molecule has 1 saturated carbocycles. The van der Waals surface area contributed by atoms with Crippen molar-refractivity contribution >= 4 is 12.0 Å². The molecule has 5 heteroatoms. The van der Waals surface area contributed by atoms with E-state index in [4.69, 9.17) is 5.11 Å². The Hall–Kier alpha value is -1.26. The zero-order chi connectivity index (χ0) is 12.8. The van der Waals surface area contributed by atoms with Gasteiger partial charge in [0.2, 0.25) is 0 Å². The Bertz CT molecular complexity index is 277. The van der Waals surface area contributed by atoms with Crippen molar-refractivity contribution in [1.82, 2.24) is 10.6 Å². The molecule has 1 fully saturated rings. The van der Waals surface area contributed by atoms with Gasteiger partial charge in [-0.2, -0.15) is 0 Å². The maximum atomic E-state index is 11.6. The number of rotatable bonds is 6. The van der Waals surface area contributed by atoms with Gasteiger partial charge in [0.25, 0.3) is 0 Å². The highest BCUT2D eigenvalue weighted by molar-refractivity contribution is 5.76. The van der Waals surface area contributed by atoms with Crippen LogP contribution in [0.1, 0.15) is 46.0 Å². The highest BCUT2D eigenvalue weighted by Gasteiger charge is 2.25. The van der Waals surface area contributed by atoms with E-state index in [1.54, 1.807) is 0 Å². The highest BCUT2D eigenvalue weighted by Crippen LogP contribution is 2.29. The third-order valence-electron chi connectivity index (χ3n) is 3.46. The van der Waals surface area contributed by atoms with Gasteiger partial charge in [0.05, 0.1) is 6.42 Å². The summed E-state index contributed by atoms with van der Waals surface area (Å²) in [4.78, 5) is 22.2. The SMILES string of the molecule is CCC(CC(=O)O)NC(=O)NC(C)C1CCC1. The Labute approximate surface area is 102 Å². The molecular formula is C12H22N2O3. The molecule has 17 heavy (non-hydrogen) atoms. The van der Waals surface area contributed by atoms with E-state index in [1.165, 1.54) is 19.3 Å². The number of carbonyl (C=O) groups is 2. The van der Waals surface area contributed by atoms with E-state index in [2.05, 4.69) is 10.6 Å². The molecule has 0 saturated heterocycles. The maximum Gasteiger partial charge on any atom is 0.315 e. The average Bonchev–Trinajstić information content (AvgIpc) is 2.12. The van der Waals surface area contributed by atoms with Crippen LogP contribution in [0.5, 0.6) is 0 Å². The van der Waals surface area contributed by atoms with Crippen LogP contribution in [0.3, 0.4) is 0 Å². The summed E-state index contributed by atoms with van der Waals surface area (Å²) in [6.45, 7) is 3.87. The molecule has 0 aromatic heterocycles. The van der Waals surface area contributed by atoms with E-state index in [0.717, 1.165) is 0 Å². The van der Waals surface area contributed by atoms with E-state index >= 15 is 0 Å². The maximum absolute atomic E-state index is 11.6. The van der Waals surface area contributed by atoms with Crippen LogP contribution in [-0.2, 0) is 4.79 Å². The minimum atomic E-state index is -0.885. The van der Waals surface area contributed by atoms with E-state index in [-0.39, 0.29) is 24.5 Å². The molecule has 3 N–H and O–H groups in total. The van der Waals surface area contributed by atoms with Crippen molar-refractivity contribution in [3.8, 4) is 0 Å². The van der Waals surface area contributed by atoms with Gasteiger partial charge in [-0.05, 0) is 32.1 Å². The summed E-state index contributed by atoms with van der Waals surface area (Å²) >= 11 is 0. The average molecular weight is 242 g/mol. The number of hydrogen-bond donors (Lipinski definition) is 3. The third-order valence-corrected chi connectivity index (χ3v) is 3.46. The Balaban J connectivity index is 2.28. The molecular weight excluding hydrogens is 220 g/mol. The van der Waals surface area contributed by atoms with Gasteiger partial charge in [0.15, 0.2) is 0 Å². The van der Waals surface area contributed by atoms with Gasteiger partial charge in [0, 0.05) is 12.1 Å². The molecule has 0 aromatic carbocycles. The summed E-state index contributed by atoms with van der Waals surface area (Å²) in [6.07, 6.45) is 4.19. The third kappa shape index (κ3) is 4.63. The van der Waals surface area contributed by atoms with Crippen LogP contribution in [0.4, 0.5) is 4.79 Å². The first-order valence-corrected chi connectivity index (χ1v) is 6.31. The molecule has 0 heterocycles. The Kier molecular flexibility index (Phi) is 5.25. The predicted molar refractivity (Wildman–Crippen MR) is 64.8 cm³/mol. The number of aliphatic carboxylic acids is 1.